The lowest BCUT2D eigenvalue weighted by atomic mass is 10.1. The molecule has 1 saturated heterocycles. The number of carbonyl (C=O) groups is 1. The Balaban J connectivity index is 1.62. The second kappa shape index (κ2) is 8.35. The lowest BCUT2D eigenvalue weighted by molar-refractivity contribution is 0.0738. The fraction of sp³-hybridized carbons (Fsp3) is 0.375. The molecular weight excluding hydrogens is 412 g/mol. The normalized spacial score (nSPS) is 14.4. The minimum Gasteiger partial charge on any atom is -0.368 e. The van der Waals surface area contributed by atoms with Crippen molar-refractivity contribution in [2.45, 2.75) is 34.2 Å². The molecule has 0 aliphatic carbocycles. The quantitative estimate of drug-likeness (QED) is 0.621. The molecule has 1 amide bonds. The van der Waals surface area contributed by atoms with Crippen molar-refractivity contribution < 1.29 is 4.79 Å². The van der Waals surface area contributed by atoms with Crippen LogP contribution in [-0.2, 0) is 6.54 Å². The van der Waals surface area contributed by atoms with Crippen LogP contribution in [0.4, 0.5) is 5.69 Å². The number of fused-ring (bicyclic) bond motifs is 1. The van der Waals surface area contributed by atoms with E-state index in [1.165, 1.54) is 0 Å². The number of rotatable bonds is 3. The molecule has 4 rings (SSSR count). The van der Waals surface area contributed by atoms with Gasteiger partial charge >= 0.3 is 0 Å². The first-order chi connectivity index (χ1) is 14.8. The molecule has 2 heterocycles. The van der Waals surface area contributed by atoms with Crippen LogP contribution < -0.4 is 10.5 Å². The summed E-state index contributed by atoms with van der Waals surface area (Å²) in [5.74, 6) is -0.296. The molecule has 0 radical (unpaired) electrons. The van der Waals surface area contributed by atoms with E-state index in [4.69, 9.17) is 11.6 Å². The molecule has 6 nitrogen and oxygen atoms in total. The van der Waals surface area contributed by atoms with Crippen LogP contribution in [0.5, 0.6) is 0 Å². The van der Waals surface area contributed by atoms with Gasteiger partial charge in [-0.15, -0.1) is 0 Å². The minimum absolute atomic E-state index is 0.00462. The molecule has 2 aromatic carbocycles. The van der Waals surface area contributed by atoms with Gasteiger partial charge in [0, 0.05) is 43.4 Å². The third-order valence-corrected chi connectivity index (χ3v) is 6.39. The Kier molecular flexibility index (Phi) is 5.75. The van der Waals surface area contributed by atoms with Crippen LogP contribution in [-0.4, -0.2) is 46.5 Å². The van der Waals surface area contributed by atoms with E-state index in [1.807, 2.05) is 51.1 Å². The van der Waals surface area contributed by atoms with E-state index in [-0.39, 0.29) is 17.2 Å². The average Bonchev–Trinajstić information content (AvgIpc) is 2.76. The van der Waals surface area contributed by atoms with Crippen LogP contribution >= 0.6 is 11.6 Å². The number of hydrogen-bond acceptors (Lipinski definition) is 4. The zero-order valence-corrected chi connectivity index (χ0v) is 19.2. The molecule has 0 bridgehead atoms. The highest BCUT2D eigenvalue weighted by atomic mass is 35.5. The standard InChI is InChI=1S/C24H27ClN4O2/c1-5-29-21-13-17(4)16(3)12-19(21)26-22(24(29)31)23(30)28-10-8-27(9-11-28)20-14-18(25)7-6-15(20)2/h6-7,12-14H,5,8-11H2,1-4H3. The Morgan fingerprint density at radius 1 is 1.00 bits per heavy atom. The number of halogens is 1. The van der Waals surface area contributed by atoms with Crippen molar-refractivity contribution >= 4 is 34.2 Å². The van der Waals surface area contributed by atoms with Crippen LogP contribution in [0.15, 0.2) is 35.1 Å². The average molecular weight is 439 g/mol. The second-order valence-corrected chi connectivity index (χ2v) is 8.58. The monoisotopic (exact) mass is 438 g/mol. The van der Waals surface area contributed by atoms with Crippen molar-refractivity contribution in [3.05, 3.63) is 68.1 Å². The first-order valence-corrected chi connectivity index (χ1v) is 11.0. The van der Waals surface area contributed by atoms with Gasteiger partial charge < -0.3 is 14.4 Å². The van der Waals surface area contributed by atoms with Gasteiger partial charge in [0.15, 0.2) is 5.69 Å². The van der Waals surface area contributed by atoms with E-state index < -0.39 is 0 Å². The van der Waals surface area contributed by atoms with Crippen LogP contribution in [0.1, 0.15) is 34.1 Å². The molecule has 1 aliphatic rings. The number of carbonyl (C=O) groups excluding carboxylic acids is 1. The topological polar surface area (TPSA) is 58.4 Å². The number of piperazine rings is 1. The molecule has 7 heteroatoms. The Labute approximate surface area is 187 Å². The Hall–Kier alpha value is -2.86. The van der Waals surface area contributed by atoms with Gasteiger partial charge in [-0.1, -0.05) is 17.7 Å². The highest BCUT2D eigenvalue weighted by molar-refractivity contribution is 6.30. The Bertz CT molecular complexity index is 1230. The molecule has 0 unspecified atom stereocenters. The largest absolute Gasteiger partial charge is 0.368 e. The molecule has 0 N–H and O–H groups in total. The number of anilines is 1. The summed E-state index contributed by atoms with van der Waals surface area (Å²) in [6.45, 7) is 10.9. The van der Waals surface area contributed by atoms with E-state index in [2.05, 4.69) is 16.8 Å². The van der Waals surface area contributed by atoms with Gasteiger partial charge in [-0.2, -0.15) is 0 Å². The minimum atomic E-state index is -0.323. The van der Waals surface area contributed by atoms with Gasteiger partial charge in [-0.05, 0) is 68.7 Å². The van der Waals surface area contributed by atoms with Gasteiger partial charge in [0.05, 0.1) is 11.0 Å². The third-order valence-electron chi connectivity index (χ3n) is 6.16. The third kappa shape index (κ3) is 3.92. The molecule has 31 heavy (non-hydrogen) atoms. The molecule has 0 atom stereocenters. The summed E-state index contributed by atoms with van der Waals surface area (Å²) in [6.07, 6.45) is 0. The van der Waals surface area contributed by atoms with E-state index >= 15 is 0 Å². The fourth-order valence-electron chi connectivity index (χ4n) is 4.17. The van der Waals surface area contributed by atoms with Gasteiger partial charge in [0.25, 0.3) is 11.5 Å². The highest BCUT2D eigenvalue weighted by Gasteiger charge is 2.27. The molecule has 3 aromatic rings. The SMILES string of the molecule is CCn1c(=O)c(C(=O)N2CCN(c3cc(Cl)ccc3C)CC2)nc2cc(C)c(C)cc21. The number of nitrogens with zero attached hydrogens (tertiary/aromatic N) is 4. The maximum Gasteiger partial charge on any atom is 0.282 e. The Morgan fingerprint density at radius 3 is 2.35 bits per heavy atom. The van der Waals surface area contributed by atoms with Crippen molar-refractivity contribution in [1.82, 2.24) is 14.5 Å². The molecule has 0 saturated carbocycles. The fourth-order valence-corrected chi connectivity index (χ4v) is 4.34. The summed E-state index contributed by atoms with van der Waals surface area (Å²) < 4.78 is 1.65. The molecular formula is C24H27ClN4O2. The lowest BCUT2D eigenvalue weighted by Crippen LogP contribution is -2.50. The zero-order chi connectivity index (χ0) is 22.3. The molecule has 1 fully saturated rings. The first-order valence-electron chi connectivity index (χ1n) is 10.6. The van der Waals surface area contributed by atoms with Crippen molar-refractivity contribution in [3.63, 3.8) is 0 Å². The first kappa shape index (κ1) is 21.4. The number of benzene rings is 2. The summed E-state index contributed by atoms with van der Waals surface area (Å²) >= 11 is 6.17. The summed E-state index contributed by atoms with van der Waals surface area (Å²) in [4.78, 5) is 34.8. The smallest absolute Gasteiger partial charge is 0.282 e. The maximum atomic E-state index is 13.3. The highest BCUT2D eigenvalue weighted by Crippen LogP contribution is 2.25. The van der Waals surface area contributed by atoms with Crippen LogP contribution in [0, 0.1) is 20.8 Å². The lowest BCUT2D eigenvalue weighted by Gasteiger charge is -2.36. The van der Waals surface area contributed by atoms with Crippen molar-refractivity contribution in [3.8, 4) is 0 Å². The summed E-state index contributed by atoms with van der Waals surface area (Å²) in [7, 11) is 0. The number of hydrogen-bond donors (Lipinski definition) is 0. The van der Waals surface area contributed by atoms with Crippen LogP contribution in [0.25, 0.3) is 11.0 Å². The van der Waals surface area contributed by atoms with Gasteiger partial charge in [-0.3, -0.25) is 9.59 Å². The maximum absolute atomic E-state index is 13.3. The summed E-state index contributed by atoms with van der Waals surface area (Å²) in [6, 6.07) is 9.78. The Morgan fingerprint density at radius 2 is 1.68 bits per heavy atom. The molecule has 1 aromatic heterocycles. The number of aryl methyl sites for hydroxylation is 4. The molecule has 1 aliphatic heterocycles. The van der Waals surface area contributed by atoms with Gasteiger partial charge in [0.1, 0.15) is 0 Å². The predicted molar refractivity (Wildman–Crippen MR) is 125 cm³/mol. The van der Waals surface area contributed by atoms with E-state index in [0.717, 1.165) is 27.9 Å². The van der Waals surface area contributed by atoms with E-state index in [9.17, 15) is 9.59 Å². The summed E-state index contributed by atoms with van der Waals surface area (Å²) in [5.41, 5.74) is 5.56. The van der Waals surface area contributed by atoms with Gasteiger partial charge in [-0.25, -0.2) is 4.98 Å². The van der Waals surface area contributed by atoms with Crippen molar-refractivity contribution in [2.24, 2.45) is 0 Å². The molecule has 0 spiro atoms. The zero-order valence-electron chi connectivity index (χ0n) is 18.4. The van der Waals surface area contributed by atoms with Gasteiger partial charge in [0.2, 0.25) is 0 Å². The van der Waals surface area contributed by atoms with Crippen molar-refractivity contribution in [2.75, 3.05) is 31.1 Å². The van der Waals surface area contributed by atoms with Crippen molar-refractivity contribution in [1.29, 1.82) is 0 Å². The second-order valence-electron chi connectivity index (χ2n) is 8.15. The predicted octanol–water partition coefficient (Wildman–Crippen LogP) is 3.96. The number of amides is 1. The van der Waals surface area contributed by atoms with Crippen LogP contribution in [0.2, 0.25) is 5.02 Å². The van der Waals surface area contributed by atoms with E-state index in [1.54, 1.807) is 9.47 Å². The van der Waals surface area contributed by atoms with Crippen LogP contribution in [0.3, 0.4) is 0 Å². The molecule has 162 valence electrons. The number of aromatic nitrogens is 2. The van der Waals surface area contributed by atoms with E-state index in [0.29, 0.717) is 43.3 Å². The summed E-state index contributed by atoms with van der Waals surface area (Å²) in [5, 5.41) is 0.699.